The van der Waals surface area contributed by atoms with E-state index in [4.69, 9.17) is 0 Å². The van der Waals surface area contributed by atoms with Gasteiger partial charge in [-0.1, -0.05) is 54.6 Å². The summed E-state index contributed by atoms with van der Waals surface area (Å²) in [5, 5.41) is 0.132. The third-order valence-electron chi connectivity index (χ3n) is 5.26. The van der Waals surface area contributed by atoms with E-state index in [0.717, 1.165) is 11.1 Å². The SMILES string of the molecule is CCn1cc(S(=O)(=O)N2Cc3ccccc3C(c3ccccc3)C2)nc1C. The summed E-state index contributed by atoms with van der Waals surface area (Å²) in [4.78, 5) is 4.32. The molecule has 1 aromatic heterocycles. The van der Waals surface area contributed by atoms with Gasteiger partial charge < -0.3 is 4.57 Å². The number of hydrogen-bond donors (Lipinski definition) is 0. The zero-order chi connectivity index (χ0) is 19.0. The van der Waals surface area contributed by atoms with E-state index in [0.29, 0.717) is 25.5 Å². The molecule has 0 aliphatic carbocycles. The maximum Gasteiger partial charge on any atom is 0.262 e. The van der Waals surface area contributed by atoms with Crippen LogP contribution in [0.4, 0.5) is 0 Å². The van der Waals surface area contributed by atoms with E-state index >= 15 is 0 Å². The maximum atomic E-state index is 13.3. The van der Waals surface area contributed by atoms with Crippen molar-refractivity contribution in [2.24, 2.45) is 0 Å². The Morgan fingerprint density at radius 2 is 1.78 bits per heavy atom. The van der Waals surface area contributed by atoms with Gasteiger partial charge in [0.1, 0.15) is 5.82 Å². The highest BCUT2D eigenvalue weighted by Crippen LogP contribution is 2.35. The Bertz CT molecular complexity index is 1060. The number of nitrogens with zero attached hydrogens (tertiary/aromatic N) is 3. The first kappa shape index (κ1) is 17.9. The Morgan fingerprint density at radius 1 is 1.07 bits per heavy atom. The first-order chi connectivity index (χ1) is 13.0. The van der Waals surface area contributed by atoms with Crippen molar-refractivity contribution in [3.63, 3.8) is 0 Å². The molecule has 2 heterocycles. The molecule has 0 radical (unpaired) electrons. The molecule has 0 fully saturated rings. The average Bonchev–Trinajstić information content (AvgIpc) is 3.09. The molecule has 0 bridgehead atoms. The van der Waals surface area contributed by atoms with E-state index in [9.17, 15) is 8.42 Å². The van der Waals surface area contributed by atoms with Gasteiger partial charge in [0, 0.05) is 31.7 Å². The van der Waals surface area contributed by atoms with Crippen LogP contribution in [0.1, 0.15) is 35.4 Å². The molecule has 1 unspecified atom stereocenters. The Balaban J connectivity index is 1.76. The van der Waals surface area contributed by atoms with Gasteiger partial charge in [-0.3, -0.25) is 0 Å². The third kappa shape index (κ3) is 3.19. The van der Waals surface area contributed by atoms with Crippen molar-refractivity contribution in [3.8, 4) is 0 Å². The van der Waals surface area contributed by atoms with Crippen molar-refractivity contribution >= 4 is 10.0 Å². The van der Waals surface area contributed by atoms with Gasteiger partial charge >= 0.3 is 0 Å². The number of benzene rings is 2. The highest BCUT2D eigenvalue weighted by molar-refractivity contribution is 7.89. The second-order valence-corrected chi connectivity index (χ2v) is 8.76. The molecule has 27 heavy (non-hydrogen) atoms. The van der Waals surface area contributed by atoms with Gasteiger partial charge in [0.2, 0.25) is 0 Å². The lowest BCUT2D eigenvalue weighted by molar-refractivity contribution is 0.370. The van der Waals surface area contributed by atoms with E-state index < -0.39 is 10.0 Å². The predicted molar refractivity (Wildman–Crippen MR) is 105 cm³/mol. The van der Waals surface area contributed by atoms with Crippen molar-refractivity contribution in [2.75, 3.05) is 6.54 Å². The van der Waals surface area contributed by atoms with Crippen LogP contribution in [0.3, 0.4) is 0 Å². The van der Waals surface area contributed by atoms with E-state index in [1.165, 1.54) is 5.56 Å². The molecule has 6 heteroatoms. The van der Waals surface area contributed by atoms with Gasteiger partial charge in [0.15, 0.2) is 5.03 Å². The number of fused-ring (bicyclic) bond motifs is 1. The smallest absolute Gasteiger partial charge is 0.262 e. The minimum absolute atomic E-state index is 0.0142. The molecule has 0 saturated carbocycles. The maximum absolute atomic E-state index is 13.3. The van der Waals surface area contributed by atoms with Crippen LogP contribution in [0, 0.1) is 6.92 Å². The largest absolute Gasteiger partial charge is 0.334 e. The summed E-state index contributed by atoms with van der Waals surface area (Å²) in [6, 6.07) is 18.2. The number of aryl methyl sites for hydroxylation is 2. The normalized spacial score (nSPS) is 17.6. The van der Waals surface area contributed by atoms with Gasteiger partial charge in [0.25, 0.3) is 10.0 Å². The zero-order valence-corrected chi connectivity index (χ0v) is 16.4. The highest BCUT2D eigenvalue weighted by atomic mass is 32.2. The zero-order valence-electron chi connectivity index (χ0n) is 15.5. The molecule has 0 amide bonds. The van der Waals surface area contributed by atoms with Crippen LogP contribution in [0.2, 0.25) is 0 Å². The number of imidazole rings is 1. The molecule has 1 aliphatic rings. The Morgan fingerprint density at radius 3 is 2.48 bits per heavy atom. The van der Waals surface area contributed by atoms with Crippen molar-refractivity contribution in [1.29, 1.82) is 0 Å². The summed E-state index contributed by atoms with van der Waals surface area (Å²) in [6.07, 6.45) is 1.64. The lowest BCUT2D eigenvalue weighted by atomic mass is 9.86. The molecule has 3 aromatic rings. The highest BCUT2D eigenvalue weighted by Gasteiger charge is 2.35. The van der Waals surface area contributed by atoms with Gasteiger partial charge in [-0.05, 0) is 30.5 Å². The second-order valence-electron chi connectivity index (χ2n) is 6.87. The lowest BCUT2D eigenvalue weighted by Crippen LogP contribution is -2.38. The fourth-order valence-corrected chi connectivity index (χ4v) is 5.21. The molecule has 1 atom stereocenters. The summed E-state index contributed by atoms with van der Waals surface area (Å²) in [6.45, 7) is 5.31. The van der Waals surface area contributed by atoms with Gasteiger partial charge in [0.05, 0.1) is 0 Å². The molecule has 2 aromatic carbocycles. The summed E-state index contributed by atoms with van der Waals surface area (Å²) in [5.41, 5.74) is 3.37. The van der Waals surface area contributed by atoms with Crippen LogP contribution in [0.15, 0.2) is 65.8 Å². The van der Waals surface area contributed by atoms with Gasteiger partial charge in [-0.15, -0.1) is 0 Å². The number of sulfonamides is 1. The van der Waals surface area contributed by atoms with Crippen LogP contribution in [0.25, 0.3) is 0 Å². The molecule has 140 valence electrons. The van der Waals surface area contributed by atoms with Crippen LogP contribution < -0.4 is 0 Å². The van der Waals surface area contributed by atoms with Crippen LogP contribution in [-0.4, -0.2) is 28.8 Å². The molecule has 0 saturated heterocycles. The van der Waals surface area contributed by atoms with Crippen LogP contribution in [0.5, 0.6) is 0 Å². The number of aromatic nitrogens is 2. The molecular weight excluding hydrogens is 358 g/mol. The van der Waals surface area contributed by atoms with Crippen molar-refractivity contribution < 1.29 is 8.42 Å². The lowest BCUT2D eigenvalue weighted by Gasteiger charge is -2.33. The molecule has 0 spiro atoms. The summed E-state index contributed by atoms with van der Waals surface area (Å²) < 4.78 is 30.0. The third-order valence-corrected chi connectivity index (χ3v) is 6.95. The molecule has 4 rings (SSSR count). The number of hydrogen-bond acceptors (Lipinski definition) is 3. The first-order valence-electron chi connectivity index (χ1n) is 9.17. The monoisotopic (exact) mass is 381 g/mol. The van der Waals surface area contributed by atoms with Gasteiger partial charge in [-0.25, -0.2) is 13.4 Å². The van der Waals surface area contributed by atoms with Crippen molar-refractivity contribution in [2.45, 2.75) is 37.9 Å². The van der Waals surface area contributed by atoms with Crippen LogP contribution >= 0.6 is 0 Å². The standard InChI is InChI=1S/C21H23N3O2S/c1-3-23-15-21(22-16(23)2)27(25,26)24-13-18-11-7-8-12-19(18)20(14-24)17-9-5-4-6-10-17/h4-12,15,20H,3,13-14H2,1-2H3. The van der Waals surface area contributed by atoms with E-state index in [-0.39, 0.29) is 10.9 Å². The minimum Gasteiger partial charge on any atom is -0.334 e. The Kier molecular flexibility index (Phi) is 4.61. The average molecular weight is 382 g/mol. The topological polar surface area (TPSA) is 55.2 Å². The number of rotatable bonds is 4. The fourth-order valence-electron chi connectivity index (χ4n) is 3.78. The molecule has 5 nitrogen and oxygen atoms in total. The Labute approximate surface area is 160 Å². The molecular formula is C21H23N3O2S. The first-order valence-corrected chi connectivity index (χ1v) is 10.6. The van der Waals surface area contributed by atoms with E-state index in [2.05, 4.69) is 23.2 Å². The fraction of sp³-hybridized carbons (Fsp3) is 0.286. The quantitative estimate of drug-likeness (QED) is 0.694. The Hall–Kier alpha value is -2.44. The summed E-state index contributed by atoms with van der Waals surface area (Å²) >= 11 is 0. The van der Waals surface area contributed by atoms with E-state index in [1.807, 2.05) is 54.8 Å². The summed E-state index contributed by atoms with van der Waals surface area (Å²) in [5.74, 6) is 0.730. The second kappa shape index (κ2) is 6.94. The van der Waals surface area contributed by atoms with Crippen molar-refractivity contribution in [1.82, 2.24) is 13.9 Å². The molecule has 0 N–H and O–H groups in total. The predicted octanol–water partition coefficient (Wildman–Crippen LogP) is 3.55. The van der Waals surface area contributed by atoms with Gasteiger partial charge in [-0.2, -0.15) is 4.31 Å². The van der Waals surface area contributed by atoms with Crippen LogP contribution in [-0.2, 0) is 23.1 Å². The van der Waals surface area contributed by atoms with Crippen molar-refractivity contribution in [3.05, 3.63) is 83.3 Å². The molecule has 1 aliphatic heterocycles. The van der Waals surface area contributed by atoms with E-state index in [1.54, 1.807) is 10.5 Å². The summed E-state index contributed by atoms with van der Waals surface area (Å²) in [7, 11) is -3.66. The minimum atomic E-state index is -3.66.